The largest absolute Gasteiger partial charge is 0.202 e. The first-order chi connectivity index (χ1) is 6.39. The fourth-order valence-electron chi connectivity index (χ4n) is 1.66. The summed E-state index contributed by atoms with van der Waals surface area (Å²) >= 11 is 17.9. The molecule has 0 saturated carbocycles. The Morgan fingerprint density at radius 2 is 2.07 bits per heavy atom. The molecule has 0 aromatic carbocycles. The quantitative estimate of drug-likeness (QED) is 0.477. The molecule has 3 heteroatoms. The van der Waals surface area contributed by atoms with E-state index < -0.39 is 9.21 Å². The number of hydrogen-bond acceptors (Lipinski definition) is 0. The minimum absolute atomic E-state index is 0.458. The number of allylic oxidation sites excluding steroid dienone is 4. The van der Waals surface area contributed by atoms with Gasteiger partial charge in [0, 0.05) is 0 Å². The second-order valence-electron chi connectivity index (χ2n) is 3.94. The van der Waals surface area contributed by atoms with E-state index in [0.717, 1.165) is 19.3 Å². The summed E-state index contributed by atoms with van der Waals surface area (Å²) in [6, 6.07) is 0. The monoisotopic (exact) mass is 252 g/mol. The first-order valence-corrected chi connectivity index (χ1v) is 5.97. The average molecular weight is 254 g/mol. The Kier molecular flexibility index (Phi) is 3.96. The minimum atomic E-state index is -1.26. The molecule has 0 amide bonds. The fraction of sp³-hybridized carbons (Fsp3) is 0.636. The van der Waals surface area contributed by atoms with Crippen LogP contribution in [0.1, 0.15) is 33.1 Å². The van der Waals surface area contributed by atoms with Crippen molar-refractivity contribution in [3.05, 3.63) is 23.8 Å². The lowest BCUT2D eigenvalue weighted by Crippen LogP contribution is -2.29. The SMILES string of the molecule is CCCC1=CC(C)(C(Cl)(Cl)Cl)C=CC1. The standard InChI is InChI=1S/C11H15Cl3/c1-3-5-9-6-4-7-10(2,8-9)11(12,13)14/h4,7-8H,3,5-6H2,1-2H3. The van der Waals surface area contributed by atoms with Crippen molar-refractivity contribution in [3.63, 3.8) is 0 Å². The van der Waals surface area contributed by atoms with Crippen LogP contribution in [0.15, 0.2) is 23.8 Å². The summed E-state index contributed by atoms with van der Waals surface area (Å²) in [7, 11) is 0. The van der Waals surface area contributed by atoms with Crippen molar-refractivity contribution in [2.24, 2.45) is 5.41 Å². The van der Waals surface area contributed by atoms with Crippen LogP contribution in [0, 0.1) is 5.41 Å². The molecule has 0 radical (unpaired) electrons. The molecular formula is C11H15Cl3. The van der Waals surface area contributed by atoms with E-state index >= 15 is 0 Å². The van der Waals surface area contributed by atoms with Crippen LogP contribution >= 0.6 is 34.8 Å². The Hall–Kier alpha value is 0.350. The summed E-state index contributed by atoms with van der Waals surface area (Å²) in [6.45, 7) is 4.11. The third-order valence-corrected chi connectivity index (χ3v) is 3.75. The second kappa shape index (κ2) is 4.47. The van der Waals surface area contributed by atoms with Gasteiger partial charge in [-0.25, -0.2) is 0 Å². The summed E-state index contributed by atoms with van der Waals surface area (Å²) in [5.74, 6) is 0. The first kappa shape index (κ1) is 12.4. The molecule has 0 fully saturated rings. The van der Waals surface area contributed by atoms with E-state index in [1.165, 1.54) is 5.57 Å². The summed E-state index contributed by atoms with van der Waals surface area (Å²) in [5, 5.41) is 0. The number of rotatable bonds is 2. The molecule has 0 aromatic heterocycles. The molecular weight excluding hydrogens is 238 g/mol. The lowest BCUT2D eigenvalue weighted by Gasteiger charge is -2.33. The Morgan fingerprint density at radius 1 is 1.43 bits per heavy atom. The fourth-order valence-corrected chi connectivity index (χ4v) is 2.01. The van der Waals surface area contributed by atoms with Crippen LogP contribution in [0.25, 0.3) is 0 Å². The van der Waals surface area contributed by atoms with E-state index in [2.05, 4.69) is 19.1 Å². The summed E-state index contributed by atoms with van der Waals surface area (Å²) in [6.07, 6.45) is 9.38. The second-order valence-corrected chi connectivity index (χ2v) is 6.22. The van der Waals surface area contributed by atoms with Crippen molar-refractivity contribution < 1.29 is 0 Å². The highest BCUT2D eigenvalue weighted by Gasteiger charge is 2.41. The topological polar surface area (TPSA) is 0 Å². The predicted octanol–water partition coefficient (Wildman–Crippen LogP) is 5.05. The molecule has 0 heterocycles. The highest BCUT2D eigenvalue weighted by Crippen LogP contribution is 2.49. The lowest BCUT2D eigenvalue weighted by atomic mass is 9.83. The van der Waals surface area contributed by atoms with Crippen LogP contribution in [-0.2, 0) is 0 Å². The summed E-state index contributed by atoms with van der Waals surface area (Å²) < 4.78 is -1.26. The number of hydrogen-bond donors (Lipinski definition) is 0. The van der Waals surface area contributed by atoms with Gasteiger partial charge in [0.2, 0.25) is 3.79 Å². The van der Waals surface area contributed by atoms with E-state index in [9.17, 15) is 0 Å². The van der Waals surface area contributed by atoms with Gasteiger partial charge in [0.25, 0.3) is 0 Å². The minimum Gasteiger partial charge on any atom is -0.0835 e. The van der Waals surface area contributed by atoms with Gasteiger partial charge in [-0.2, -0.15) is 0 Å². The van der Waals surface area contributed by atoms with Gasteiger partial charge in [0.05, 0.1) is 5.41 Å². The van der Waals surface area contributed by atoms with Gasteiger partial charge in [-0.1, -0.05) is 71.9 Å². The molecule has 0 aromatic rings. The molecule has 0 spiro atoms. The molecule has 0 saturated heterocycles. The summed E-state index contributed by atoms with van der Waals surface area (Å²) in [4.78, 5) is 0. The molecule has 0 aliphatic heterocycles. The maximum Gasteiger partial charge on any atom is 0.202 e. The van der Waals surface area contributed by atoms with Crippen molar-refractivity contribution in [3.8, 4) is 0 Å². The molecule has 1 aliphatic carbocycles. The molecule has 0 N–H and O–H groups in total. The van der Waals surface area contributed by atoms with Crippen molar-refractivity contribution in [1.29, 1.82) is 0 Å². The zero-order valence-electron chi connectivity index (χ0n) is 8.49. The third kappa shape index (κ3) is 2.68. The van der Waals surface area contributed by atoms with Crippen LogP contribution in [0.4, 0.5) is 0 Å². The van der Waals surface area contributed by atoms with Crippen molar-refractivity contribution in [1.82, 2.24) is 0 Å². The molecule has 1 rings (SSSR count). The van der Waals surface area contributed by atoms with Gasteiger partial charge < -0.3 is 0 Å². The van der Waals surface area contributed by atoms with Crippen molar-refractivity contribution >= 4 is 34.8 Å². The number of halogens is 3. The Labute approximate surface area is 101 Å². The van der Waals surface area contributed by atoms with Gasteiger partial charge in [0.1, 0.15) is 0 Å². The van der Waals surface area contributed by atoms with Crippen LogP contribution in [0.5, 0.6) is 0 Å². The maximum atomic E-state index is 5.95. The first-order valence-electron chi connectivity index (χ1n) is 4.84. The number of alkyl halides is 3. The Balaban J connectivity index is 2.89. The van der Waals surface area contributed by atoms with Crippen LogP contribution in [0.3, 0.4) is 0 Å². The molecule has 1 atom stereocenters. The van der Waals surface area contributed by atoms with Crippen LogP contribution in [0.2, 0.25) is 0 Å². The molecule has 1 unspecified atom stereocenters. The smallest absolute Gasteiger partial charge is 0.0835 e. The van der Waals surface area contributed by atoms with E-state index in [-0.39, 0.29) is 0 Å². The van der Waals surface area contributed by atoms with Crippen molar-refractivity contribution in [2.75, 3.05) is 0 Å². The van der Waals surface area contributed by atoms with Gasteiger partial charge in [0.15, 0.2) is 0 Å². The zero-order valence-corrected chi connectivity index (χ0v) is 10.8. The van der Waals surface area contributed by atoms with E-state index in [0.29, 0.717) is 0 Å². The van der Waals surface area contributed by atoms with Crippen LogP contribution < -0.4 is 0 Å². The highest BCUT2D eigenvalue weighted by molar-refractivity contribution is 6.68. The van der Waals surface area contributed by atoms with Gasteiger partial charge in [-0.3, -0.25) is 0 Å². The Morgan fingerprint density at radius 3 is 2.57 bits per heavy atom. The van der Waals surface area contributed by atoms with Gasteiger partial charge in [-0.15, -0.1) is 0 Å². The average Bonchev–Trinajstić information content (AvgIpc) is 2.03. The summed E-state index contributed by atoms with van der Waals surface area (Å²) in [5.41, 5.74) is 0.907. The van der Waals surface area contributed by atoms with Gasteiger partial charge in [-0.05, 0) is 19.8 Å². The van der Waals surface area contributed by atoms with Crippen LogP contribution in [-0.4, -0.2) is 3.79 Å². The molecule has 14 heavy (non-hydrogen) atoms. The zero-order chi connectivity index (χ0) is 10.8. The normalized spacial score (nSPS) is 27.6. The molecule has 80 valence electrons. The Bertz CT molecular complexity index is 260. The van der Waals surface area contributed by atoms with E-state index in [4.69, 9.17) is 34.8 Å². The third-order valence-electron chi connectivity index (χ3n) is 2.53. The highest BCUT2D eigenvalue weighted by atomic mass is 35.6. The maximum absolute atomic E-state index is 5.95. The predicted molar refractivity (Wildman–Crippen MR) is 65.1 cm³/mol. The van der Waals surface area contributed by atoms with E-state index in [1.54, 1.807) is 0 Å². The van der Waals surface area contributed by atoms with Crippen molar-refractivity contribution in [2.45, 2.75) is 36.9 Å². The molecule has 0 bridgehead atoms. The molecule has 1 aliphatic rings. The molecule has 0 nitrogen and oxygen atoms in total. The lowest BCUT2D eigenvalue weighted by molar-refractivity contribution is 0.547. The van der Waals surface area contributed by atoms with Gasteiger partial charge >= 0.3 is 0 Å². The van der Waals surface area contributed by atoms with E-state index in [1.807, 2.05) is 13.0 Å².